The van der Waals surface area contributed by atoms with Gasteiger partial charge in [-0.05, 0) is 95.9 Å². The molecule has 0 bridgehead atoms. The van der Waals surface area contributed by atoms with Crippen molar-refractivity contribution in [2.75, 3.05) is 4.90 Å². The van der Waals surface area contributed by atoms with Crippen LogP contribution in [0, 0.1) is 0 Å². The molecular formula is C42H27NO2S. The molecule has 0 aliphatic rings. The Kier molecular flexibility index (Phi) is 6.32. The van der Waals surface area contributed by atoms with Crippen LogP contribution in [0.5, 0.6) is 0 Å². The summed E-state index contributed by atoms with van der Waals surface area (Å²) < 4.78 is 13.7. The number of para-hydroxylation sites is 2. The van der Waals surface area contributed by atoms with Crippen molar-refractivity contribution in [1.82, 2.24) is 0 Å². The van der Waals surface area contributed by atoms with Crippen LogP contribution in [0.25, 0.3) is 65.1 Å². The maximum absolute atomic E-state index is 6.25. The summed E-state index contributed by atoms with van der Waals surface area (Å²) in [4.78, 5) is 3.56. The minimum Gasteiger partial charge on any atom is -0.456 e. The molecule has 0 unspecified atom stereocenters. The molecule has 0 atom stereocenters. The zero-order valence-electron chi connectivity index (χ0n) is 24.8. The van der Waals surface area contributed by atoms with E-state index in [1.165, 1.54) is 20.5 Å². The van der Waals surface area contributed by atoms with Gasteiger partial charge in [0.25, 0.3) is 0 Å². The van der Waals surface area contributed by atoms with Crippen LogP contribution in [0.4, 0.5) is 17.1 Å². The molecule has 0 spiro atoms. The van der Waals surface area contributed by atoms with Gasteiger partial charge in [0.05, 0.1) is 0 Å². The first-order valence-corrected chi connectivity index (χ1v) is 16.1. The van der Waals surface area contributed by atoms with Gasteiger partial charge in [0.15, 0.2) is 0 Å². The fourth-order valence-electron chi connectivity index (χ4n) is 6.17. The Balaban J connectivity index is 1.12. The van der Waals surface area contributed by atoms with Crippen molar-refractivity contribution < 1.29 is 8.83 Å². The lowest BCUT2D eigenvalue weighted by molar-refractivity contribution is 0.631. The molecule has 3 aromatic heterocycles. The molecule has 9 rings (SSSR count). The first-order valence-electron chi connectivity index (χ1n) is 15.3. The van der Waals surface area contributed by atoms with Gasteiger partial charge in [-0.1, -0.05) is 78.9 Å². The monoisotopic (exact) mass is 609 g/mol. The Morgan fingerprint density at radius 3 is 1.59 bits per heavy atom. The van der Waals surface area contributed by atoms with Crippen molar-refractivity contribution in [1.29, 1.82) is 0 Å². The van der Waals surface area contributed by atoms with Crippen molar-refractivity contribution in [2.24, 2.45) is 0 Å². The van der Waals surface area contributed by atoms with Gasteiger partial charge in [-0.2, -0.15) is 0 Å². The molecule has 0 saturated heterocycles. The molecule has 46 heavy (non-hydrogen) atoms. The van der Waals surface area contributed by atoms with E-state index in [0.29, 0.717) is 0 Å². The Morgan fingerprint density at radius 2 is 0.957 bits per heavy atom. The molecule has 0 aliphatic carbocycles. The maximum atomic E-state index is 6.25. The second-order valence-electron chi connectivity index (χ2n) is 11.4. The average molecular weight is 610 g/mol. The third-order valence-electron chi connectivity index (χ3n) is 8.49. The minimum atomic E-state index is 0.850. The van der Waals surface area contributed by atoms with Crippen LogP contribution >= 0.6 is 11.3 Å². The van der Waals surface area contributed by atoms with Crippen molar-refractivity contribution in [2.45, 2.75) is 0 Å². The highest BCUT2D eigenvalue weighted by Crippen LogP contribution is 2.40. The molecule has 3 heterocycles. The first kappa shape index (κ1) is 26.6. The van der Waals surface area contributed by atoms with E-state index in [0.717, 1.165) is 61.6 Å². The van der Waals surface area contributed by atoms with Crippen LogP contribution in [0.1, 0.15) is 0 Å². The lowest BCUT2D eigenvalue weighted by Gasteiger charge is -2.26. The summed E-state index contributed by atoms with van der Waals surface area (Å²) in [6, 6.07) is 57.3. The lowest BCUT2D eigenvalue weighted by Crippen LogP contribution is -2.09. The third kappa shape index (κ3) is 4.76. The Labute approximate surface area is 270 Å². The third-order valence-corrected chi connectivity index (χ3v) is 9.65. The fourth-order valence-corrected chi connectivity index (χ4v) is 7.24. The van der Waals surface area contributed by atoms with Crippen LogP contribution in [0.2, 0.25) is 0 Å². The van der Waals surface area contributed by atoms with Crippen molar-refractivity contribution >= 4 is 60.4 Å². The highest BCUT2D eigenvalue weighted by atomic mass is 32.1. The number of hydrogen-bond donors (Lipinski definition) is 0. The zero-order valence-corrected chi connectivity index (χ0v) is 25.6. The second kappa shape index (κ2) is 11.0. The molecule has 0 N–H and O–H groups in total. The van der Waals surface area contributed by atoms with Crippen molar-refractivity contribution in [3.05, 3.63) is 164 Å². The van der Waals surface area contributed by atoms with Gasteiger partial charge in [-0.15, -0.1) is 11.3 Å². The fraction of sp³-hybridized carbons (Fsp3) is 0. The number of thiophene rings is 1. The molecule has 4 heteroatoms. The average Bonchev–Trinajstić information content (AvgIpc) is 3.86. The van der Waals surface area contributed by atoms with E-state index >= 15 is 0 Å². The number of fused-ring (bicyclic) bond motifs is 3. The van der Waals surface area contributed by atoms with E-state index in [1.807, 2.05) is 47.7 Å². The van der Waals surface area contributed by atoms with Crippen molar-refractivity contribution in [3.63, 3.8) is 0 Å². The molecule has 218 valence electrons. The lowest BCUT2D eigenvalue weighted by atomic mass is 10.1. The molecule has 0 amide bonds. The number of anilines is 3. The van der Waals surface area contributed by atoms with Crippen LogP contribution in [0.15, 0.2) is 173 Å². The van der Waals surface area contributed by atoms with E-state index in [4.69, 9.17) is 8.83 Å². The van der Waals surface area contributed by atoms with Crippen LogP contribution in [-0.4, -0.2) is 0 Å². The Bertz CT molecular complexity index is 2260. The summed E-state index contributed by atoms with van der Waals surface area (Å²) >= 11 is 1.83. The molecule has 6 aromatic carbocycles. The smallest absolute Gasteiger partial charge is 0.135 e. The second-order valence-corrected chi connectivity index (χ2v) is 12.5. The standard InChI is InChI=1S/C42H27NO2S/c1-4-13-37-31(8-1)25-39(44-37)28-16-20-34(21-17-28)43(35-22-18-29(19-23-35)42-27-33-10-3-6-15-41(33)46-42)36-12-7-11-30(24-36)40-26-32-9-2-5-14-38(32)45-40/h1-27H. The van der Waals surface area contributed by atoms with Crippen LogP contribution in [0.3, 0.4) is 0 Å². The predicted molar refractivity (Wildman–Crippen MR) is 192 cm³/mol. The number of furan rings is 2. The summed E-state index contributed by atoms with van der Waals surface area (Å²) in [5.41, 5.74) is 8.22. The molecule has 0 radical (unpaired) electrons. The van der Waals surface area contributed by atoms with Gasteiger partial charge in [0, 0.05) is 48.5 Å². The summed E-state index contributed by atoms with van der Waals surface area (Å²) in [6.45, 7) is 0. The molecule has 9 aromatic rings. The number of hydrogen-bond acceptors (Lipinski definition) is 4. The van der Waals surface area contributed by atoms with E-state index in [9.17, 15) is 0 Å². The molecule has 3 nitrogen and oxygen atoms in total. The highest BCUT2D eigenvalue weighted by Gasteiger charge is 2.16. The van der Waals surface area contributed by atoms with E-state index in [-0.39, 0.29) is 0 Å². The van der Waals surface area contributed by atoms with Gasteiger partial charge in [-0.25, -0.2) is 0 Å². The van der Waals surface area contributed by atoms with Crippen LogP contribution < -0.4 is 4.90 Å². The summed E-state index contributed by atoms with van der Waals surface area (Å²) in [7, 11) is 0. The number of rotatable bonds is 6. The van der Waals surface area contributed by atoms with E-state index in [1.54, 1.807) is 0 Å². The number of benzene rings is 6. The normalized spacial score (nSPS) is 11.5. The van der Waals surface area contributed by atoms with Gasteiger partial charge in [0.2, 0.25) is 0 Å². The predicted octanol–water partition coefficient (Wildman–Crippen LogP) is 12.9. The highest BCUT2D eigenvalue weighted by molar-refractivity contribution is 7.22. The van der Waals surface area contributed by atoms with Gasteiger partial charge in [-0.3, -0.25) is 0 Å². The SMILES string of the molecule is c1cc(-c2cc3ccccc3o2)cc(N(c2ccc(-c3cc4ccccc4o3)cc2)c2ccc(-c3cc4ccccc4s3)cc2)c1. The quantitative estimate of drug-likeness (QED) is 0.188. The molecular weight excluding hydrogens is 583 g/mol. The van der Waals surface area contributed by atoms with Gasteiger partial charge < -0.3 is 13.7 Å². The van der Waals surface area contributed by atoms with Gasteiger partial charge >= 0.3 is 0 Å². The molecule has 0 saturated carbocycles. The Hall–Kier alpha value is -5.84. The largest absolute Gasteiger partial charge is 0.456 e. The zero-order chi connectivity index (χ0) is 30.5. The Morgan fingerprint density at radius 1 is 0.391 bits per heavy atom. The number of nitrogens with zero attached hydrogens (tertiary/aromatic N) is 1. The van der Waals surface area contributed by atoms with Crippen molar-refractivity contribution in [3.8, 4) is 33.1 Å². The molecule has 0 aliphatic heterocycles. The van der Waals surface area contributed by atoms with E-state index < -0.39 is 0 Å². The summed E-state index contributed by atoms with van der Waals surface area (Å²) in [5, 5.41) is 3.47. The minimum absolute atomic E-state index is 0.850. The maximum Gasteiger partial charge on any atom is 0.135 e. The van der Waals surface area contributed by atoms with Crippen LogP contribution in [-0.2, 0) is 0 Å². The van der Waals surface area contributed by atoms with E-state index in [2.05, 4.69) is 132 Å². The first-order chi connectivity index (χ1) is 22.7. The van der Waals surface area contributed by atoms with Gasteiger partial charge in [0.1, 0.15) is 22.7 Å². The topological polar surface area (TPSA) is 29.5 Å². The molecule has 0 fully saturated rings. The summed E-state index contributed by atoms with van der Waals surface area (Å²) in [5.74, 6) is 1.71. The summed E-state index contributed by atoms with van der Waals surface area (Å²) in [6.07, 6.45) is 0.